The molecule has 0 bridgehead atoms. The second-order valence-electron chi connectivity index (χ2n) is 11.3. The number of aliphatic hydroxyl groups is 6. The molecule has 0 unspecified atom stereocenters. The largest absolute Gasteiger partial charge is 0.388 e. The molecule has 0 aromatic heterocycles. The second-order valence-corrected chi connectivity index (χ2v) is 11.3. The fraction of sp³-hybridized carbons (Fsp3) is 0.857. The van der Waals surface area contributed by atoms with Gasteiger partial charge in [0.2, 0.25) is 17.7 Å². The number of ketones is 1. The summed E-state index contributed by atoms with van der Waals surface area (Å²) in [5, 5.41) is 67.1. The highest BCUT2D eigenvalue weighted by Crippen LogP contribution is 2.22. The molecule has 0 aromatic carbocycles. The van der Waals surface area contributed by atoms with E-state index < -0.39 is 85.2 Å². The van der Waals surface area contributed by atoms with Gasteiger partial charge in [0.05, 0.1) is 25.4 Å². The van der Waals surface area contributed by atoms with Crippen LogP contribution >= 0.6 is 0 Å². The van der Waals surface area contributed by atoms with Crippen molar-refractivity contribution in [1.82, 2.24) is 16.0 Å². The molecule has 17 nitrogen and oxygen atoms in total. The zero-order valence-electron chi connectivity index (χ0n) is 25.9. The number of aliphatic hydroxyl groups excluding tert-OH is 6. The van der Waals surface area contributed by atoms with E-state index in [1.807, 2.05) is 0 Å². The Hall–Kier alpha value is -2.32. The molecule has 9 N–H and O–H groups in total. The number of hydrogen-bond donors (Lipinski definition) is 9. The first-order valence-electron chi connectivity index (χ1n) is 15.2. The SMILES string of the molecule is CC(=O)CCCCC(=O)N[C@@H](CCC(=O)NCCO[C@@H]1O[C@@H](C)[C@@H](O)[C@@H](O)[C@@H]1O)C(=O)NCCO[C@@H]1O[C@@H](C)[C@@H](O)[C@@H](O)[C@@H]1O. The maximum atomic E-state index is 12.9. The topological polar surface area (TPSA) is 263 Å². The molecule has 0 spiro atoms. The molecule has 2 saturated heterocycles. The van der Waals surface area contributed by atoms with Gasteiger partial charge >= 0.3 is 0 Å². The Morgan fingerprint density at radius 3 is 1.67 bits per heavy atom. The van der Waals surface area contributed by atoms with Crippen molar-refractivity contribution in [1.29, 1.82) is 0 Å². The van der Waals surface area contributed by atoms with Gasteiger partial charge in [-0.1, -0.05) is 0 Å². The van der Waals surface area contributed by atoms with Gasteiger partial charge in [0.1, 0.15) is 48.4 Å². The molecule has 2 fully saturated rings. The third-order valence-electron chi connectivity index (χ3n) is 7.50. The summed E-state index contributed by atoms with van der Waals surface area (Å²) in [5.74, 6) is -1.48. The highest BCUT2D eigenvalue weighted by atomic mass is 16.7. The Morgan fingerprint density at radius 2 is 1.16 bits per heavy atom. The Balaban J connectivity index is 1.81. The monoisotopic (exact) mass is 651 g/mol. The quantitative estimate of drug-likeness (QED) is 0.0647. The summed E-state index contributed by atoms with van der Waals surface area (Å²) in [6.45, 7) is 4.19. The van der Waals surface area contributed by atoms with Crippen LogP contribution in [0.1, 0.15) is 59.3 Å². The number of unbranched alkanes of at least 4 members (excludes halogenated alkanes) is 1. The highest BCUT2D eigenvalue weighted by molar-refractivity contribution is 5.88. The van der Waals surface area contributed by atoms with E-state index in [1.165, 1.54) is 20.8 Å². The molecule has 2 aliphatic heterocycles. The molecule has 2 aliphatic rings. The van der Waals surface area contributed by atoms with E-state index in [9.17, 15) is 49.8 Å². The maximum Gasteiger partial charge on any atom is 0.242 e. The van der Waals surface area contributed by atoms with Gasteiger partial charge in [-0.2, -0.15) is 0 Å². The fourth-order valence-corrected chi connectivity index (χ4v) is 4.70. The van der Waals surface area contributed by atoms with Crippen molar-refractivity contribution in [2.45, 2.75) is 127 Å². The minimum Gasteiger partial charge on any atom is -0.388 e. The van der Waals surface area contributed by atoms with Gasteiger partial charge in [0, 0.05) is 32.4 Å². The number of ether oxygens (including phenoxy) is 4. The Bertz CT molecular complexity index is 957. The van der Waals surface area contributed by atoms with Crippen LogP contribution < -0.4 is 16.0 Å². The number of rotatable bonds is 18. The number of hydrogen-bond acceptors (Lipinski definition) is 14. The minimum atomic E-state index is -1.51. The van der Waals surface area contributed by atoms with Crippen molar-refractivity contribution in [3.05, 3.63) is 0 Å². The van der Waals surface area contributed by atoms with Gasteiger partial charge in [-0.05, 0) is 40.0 Å². The van der Waals surface area contributed by atoms with E-state index in [1.54, 1.807) is 0 Å². The van der Waals surface area contributed by atoms with Crippen molar-refractivity contribution in [3.8, 4) is 0 Å². The lowest BCUT2D eigenvalue weighted by Gasteiger charge is -2.38. The summed E-state index contributed by atoms with van der Waals surface area (Å²) in [5.41, 5.74) is 0. The molecule has 260 valence electrons. The zero-order chi connectivity index (χ0) is 33.7. The number of Topliss-reactive ketones (excluding diaryl/α,β-unsaturated/α-hetero) is 1. The average molecular weight is 652 g/mol. The van der Waals surface area contributed by atoms with Crippen molar-refractivity contribution in [3.63, 3.8) is 0 Å². The fourth-order valence-electron chi connectivity index (χ4n) is 4.70. The summed E-state index contributed by atoms with van der Waals surface area (Å²) >= 11 is 0. The van der Waals surface area contributed by atoms with Crippen LogP contribution in [0.15, 0.2) is 0 Å². The summed E-state index contributed by atoms with van der Waals surface area (Å²) < 4.78 is 21.4. The average Bonchev–Trinajstić information content (AvgIpc) is 3.00. The van der Waals surface area contributed by atoms with E-state index in [2.05, 4.69) is 16.0 Å². The lowest BCUT2D eigenvalue weighted by Crippen LogP contribution is -2.57. The minimum absolute atomic E-state index is 0.00554. The molecular formula is C28H49N3O14. The van der Waals surface area contributed by atoms with Gasteiger partial charge in [-0.25, -0.2) is 0 Å². The first-order chi connectivity index (χ1) is 21.2. The highest BCUT2D eigenvalue weighted by Gasteiger charge is 2.43. The van der Waals surface area contributed by atoms with Crippen LogP contribution in [-0.4, -0.2) is 148 Å². The molecule has 2 heterocycles. The predicted molar refractivity (Wildman–Crippen MR) is 153 cm³/mol. The molecule has 17 heteroatoms. The first-order valence-corrected chi connectivity index (χ1v) is 15.2. The van der Waals surface area contributed by atoms with E-state index in [0.717, 1.165) is 0 Å². The third-order valence-corrected chi connectivity index (χ3v) is 7.50. The Morgan fingerprint density at radius 1 is 0.667 bits per heavy atom. The normalized spacial score (nSPS) is 32.4. The lowest BCUT2D eigenvalue weighted by atomic mass is 10.0. The van der Waals surface area contributed by atoms with E-state index in [4.69, 9.17) is 18.9 Å². The van der Waals surface area contributed by atoms with Gasteiger partial charge in [0.15, 0.2) is 12.6 Å². The van der Waals surface area contributed by atoms with Crippen molar-refractivity contribution < 1.29 is 68.8 Å². The molecule has 0 radical (unpaired) electrons. The van der Waals surface area contributed by atoms with Crippen LogP contribution in [0.3, 0.4) is 0 Å². The number of nitrogens with one attached hydrogen (secondary N) is 3. The molecule has 0 aromatic rings. The smallest absolute Gasteiger partial charge is 0.242 e. The van der Waals surface area contributed by atoms with Crippen molar-refractivity contribution >= 4 is 23.5 Å². The van der Waals surface area contributed by atoms with Crippen LogP contribution in [0.25, 0.3) is 0 Å². The van der Waals surface area contributed by atoms with Crippen molar-refractivity contribution in [2.24, 2.45) is 0 Å². The summed E-state index contributed by atoms with van der Waals surface area (Å²) in [6.07, 6.45) is -11.3. The number of carbonyl (C=O) groups is 4. The first kappa shape index (κ1) is 38.9. The van der Waals surface area contributed by atoms with E-state index in [0.29, 0.717) is 19.3 Å². The maximum absolute atomic E-state index is 12.9. The zero-order valence-corrected chi connectivity index (χ0v) is 25.9. The van der Waals surface area contributed by atoms with Crippen LogP contribution in [0.2, 0.25) is 0 Å². The summed E-state index contributed by atoms with van der Waals surface area (Å²) in [7, 11) is 0. The van der Waals surface area contributed by atoms with Gasteiger partial charge in [-0.3, -0.25) is 14.4 Å². The van der Waals surface area contributed by atoms with Crippen LogP contribution in [0.4, 0.5) is 0 Å². The Kier molecular flexibility index (Phi) is 16.7. The van der Waals surface area contributed by atoms with E-state index in [-0.39, 0.29) is 51.3 Å². The van der Waals surface area contributed by atoms with Crippen LogP contribution in [0, 0.1) is 0 Å². The molecule has 2 rings (SSSR count). The van der Waals surface area contributed by atoms with Gasteiger partial charge < -0.3 is 70.3 Å². The molecular weight excluding hydrogens is 602 g/mol. The molecule has 11 atom stereocenters. The lowest BCUT2D eigenvalue weighted by molar-refractivity contribution is -0.292. The summed E-state index contributed by atoms with van der Waals surface area (Å²) in [6, 6.07) is -1.08. The van der Waals surface area contributed by atoms with E-state index >= 15 is 0 Å². The van der Waals surface area contributed by atoms with Gasteiger partial charge in [0.25, 0.3) is 0 Å². The third kappa shape index (κ3) is 12.8. The second kappa shape index (κ2) is 19.4. The van der Waals surface area contributed by atoms with Crippen LogP contribution in [-0.2, 0) is 38.1 Å². The van der Waals surface area contributed by atoms with Gasteiger partial charge in [-0.15, -0.1) is 0 Å². The standard InChI is InChI=1S/C28H49N3O14/c1-14(32)6-4-5-7-19(34)31-17(26(41)30-11-13-43-28-25(40)23(38)21(36)16(3)45-28)8-9-18(33)29-10-12-42-27-24(39)22(37)20(35)15(2)44-27/h15-17,20-25,27-28,35-40H,4-13H2,1-3H3,(H,29,33)(H,30,41)(H,31,34)/t15-,16-,17-,20+,21+,22+,23+,24-,25-,27+,28+/m0/s1. The molecule has 0 aliphatic carbocycles. The van der Waals surface area contributed by atoms with Crippen LogP contribution in [0.5, 0.6) is 0 Å². The summed E-state index contributed by atoms with van der Waals surface area (Å²) in [4.78, 5) is 49.0. The Labute approximate surface area is 261 Å². The van der Waals surface area contributed by atoms with Crippen molar-refractivity contribution in [2.75, 3.05) is 26.3 Å². The molecule has 3 amide bonds. The number of amides is 3. The molecule has 45 heavy (non-hydrogen) atoms. The molecule has 0 saturated carbocycles. The number of carbonyl (C=O) groups excluding carboxylic acids is 4. The predicted octanol–water partition coefficient (Wildman–Crippen LogP) is -3.68.